The number of fused-ring (bicyclic) bond motifs is 2. The van der Waals surface area contributed by atoms with Crippen LogP contribution >= 0.6 is 0 Å². The number of anilines is 1. The lowest BCUT2D eigenvalue weighted by molar-refractivity contribution is 0.0529. The van der Waals surface area contributed by atoms with Crippen LogP contribution in [-0.4, -0.2) is 50.6 Å². The minimum atomic E-state index is 0.217. The minimum absolute atomic E-state index is 0.217. The zero-order chi connectivity index (χ0) is 18.4. The van der Waals surface area contributed by atoms with E-state index in [2.05, 4.69) is 46.1 Å². The molecule has 1 atom stereocenters. The highest BCUT2D eigenvalue weighted by Gasteiger charge is 2.19. The first-order valence-corrected chi connectivity index (χ1v) is 9.41. The first-order valence-electron chi connectivity index (χ1n) is 9.41. The quantitative estimate of drug-likeness (QED) is 0.606. The van der Waals surface area contributed by atoms with Gasteiger partial charge in [0.05, 0.1) is 30.1 Å². The number of hydrogen-bond acceptors (Lipinski definition) is 5. The Morgan fingerprint density at radius 1 is 1.26 bits per heavy atom. The monoisotopic (exact) mass is 362 g/mol. The zero-order valence-corrected chi connectivity index (χ0v) is 15.5. The lowest BCUT2D eigenvalue weighted by Crippen LogP contribution is -2.41. The summed E-state index contributed by atoms with van der Waals surface area (Å²) in [6.45, 7) is 6.66. The molecule has 0 unspecified atom stereocenters. The van der Waals surface area contributed by atoms with E-state index < -0.39 is 0 Å². The minimum Gasteiger partial charge on any atom is -0.375 e. The van der Waals surface area contributed by atoms with Gasteiger partial charge in [-0.05, 0) is 37.6 Å². The van der Waals surface area contributed by atoms with Crippen molar-refractivity contribution in [1.29, 1.82) is 0 Å². The maximum atomic E-state index is 5.65. The van der Waals surface area contributed by atoms with Crippen LogP contribution < -0.4 is 4.90 Å². The molecule has 0 amide bonds. The molecule has 4 aromatic rings. The van der Waals surface area contributed by atoms with E-state index in [0.29, 0.717) is 0 Å². The molecule has 7 heteroatoms. The maximum Gasteiger partial charge on any atom is 0.154 e. The maximum absolute atomic E-state index is 5.65. The van der Waals surface area contributed by atoms with Crippen LogP contribution in [0.2, 0.25) is 0 Å². The molecule has 3 aromatic heterocycles. The summed E-state index contributed by atoms with van der Waals surface area (Å²) < 4.78 is 7.59. The average molecular weight is 362 g/mol. The number of rotatable bonds is 3. The molecule has 1 aromatic carbocycles. The predicted octanol–water partition coefficient (Wildman–Crippen LogP) is 3.06. The van der Waals surface area contributed by atoms with Crippen molar-refractivity contribution < 1.29 is 4.74 Å². The number of nitrogens with zero attached hydrogens (tertiary/aromatic N) is 5. The summed E-state index contributed by atoms with van der Waals surface area (Å²) in [7, 11) is 0. The van der Waals surface area contributed by atoms with Gasteiger partial charge < -0.3 is 9.64 Å². The highest BCUT2D eigenvalue weighted by atomic mass is 16.5. The highest BCUT2D eigenvalue weighted by molar-refractivity contribution is 5.86. The summed E-state index contributed by atoms with van der Waals surface area (Å²) in [6, 6.07) is 10.4. The number of benzene rings is 1. The van der Waals surface area contributed by atoms with Crippen LogP contribution in [0.15, 0.2) is 36.5 Å². The van der Waals surface area contributed by atoms with Crippen molar-refractivity contribution in [2.24, 2.45) is 0 Å². The molecule has 27 heavy (non-hydrogen) atoms. The molecule has 0 radical (unpaired) electrons. The van der Waals surface area contributed by atoms with Gasteiger partial charge >= 0.3 is 0 Å². The molecule has 4 heterocycles. The molecule has 1 aliphatic heterocycles. The smallest absolute Gasteiger partial charge is 0.154 e. The van der Waals surface area contributed by atoms with Crippen LogP contribution in [0.1, 0.15) is 19.5 Å². The third kappa shape index (κ3) is 2.75. The Balaban J connectivity index is 1.60. The third-order valence-corrected chi connectivity index (χ3v) is 5.20. The van der Waals surface area contributed by atoms with E-state index in [9.17, 15) is 0 Å². The predicted molar refractivity (Wildman–Crippen MR) is 105 cm³/mol. The van der Waals surface area contributed by atoms with Crippen LogP contribution in [0.3, 0.4) is 0 Å². The standard InChI is InChI=1S/C20H22N6O/c1-3-16-15-10-14(4-5-17(15)23-22-16)18-11-21-19-6-7-20(24-26(18)19)25-8-9-27-13(2)12-25/h4-7,10-11,13H,3,8-9,12H2,1-2H3,(H,22,23)/t13-/m1/s1. The molecule has 1 saturated heterocycles. The normalized spacial score (nSPS) is 17.9. The Labute approximate surface area is 157 Å². The molecule has 7 nitrogen and oxygen atoms in total. The Morgan fingerprint density at radius 2 is 2.19 bits per heavy atom. The number of aryl methyl sites for hydroxylation is 1. The van der Waals surface area contributed by atoms with Gasteiger partial charge in [0, 0.05) is 29.7 Å². The highest BCUT2D eigenvalue weighted by Crippen LogP contribution is 2.27. The van der Waals surface area contributed by atoms with Crippen molar-refractivity contribution in [2.45, 2.75) is 26.4 Å². The summed E-state index contributed by atoms with van der Waals surface area (Å²) in [5.74, 6) is 0.954. The number of aromatic amines is 1. The van der Waals surface area contributed by atoms with Gasteiger partial charge in [0.25, 0.3) is 0 Å². The molecular weight excluding hydrogens is 340 g/mol. The summed E-state index contributed by atoms with van der Waals surface area (Å²) in [4.78, 5) is 6.81. The van der Waals surface area contributed by atoms with Crippen molar-refractivity contribution in [1.82, 2.24) is 24.8 Å². The fourth-order valence-corrected chi connectivity index (χ4v) is 3.75. The Hall–Kier alpha value is -2.93. The summed E-state index contributed by atoms with van der Waals surface area (Å²) >= 11 is 0. The van der Waals surface area contributed by atoms with E-state index in [4.69, 9.17) is 9.84 Å². The van der Waals surface area contributed by atoms with Gasteiger partial charge in [0.2, 0.25) is 0 Å². The number of nitrogens with one attached hydrogen (secondary N) is 1. The summed E-state index contributed by atoms with van der Waals surface area (Å²) in [5, 5.41) is 13.5. The molecule has 1 fully saturated rings. The van der Waals surface area contributed by atoms with E-state index in [-0.39, 0.29) is 6.10 Å². The van der Waals surface area contributed by atoms with Gasteiger partial charge in [-0.3, -0.25) is 5.10 Å². The number of ether oxygens (including phenoxy) is 1. The molecular formula is C20H22N6O. The SMILES string of the molecule is CCc1[nH]nc2ccc(-c3cnc4ccc(N5CCO[C@H](C)C5)nn34)cc12. The van der Waals surface area contributed by atoms with Crippen molar-refractivity contribution in [3.8, 4) is 11.3 Å². The molecule has 138 valence electrons. The number of imidazole rings is 1. The molecule has 0 aliphatic carbocycles. The fourth-order valence-electron chi connectivity index (χ4n) is 3.75. The average Bonchev–Trinajstić information content (AvgIpc) is 3.30. The second-order valence-electron chi connectivity index (χ2n) is 7.02. The van der Waals surface area contributed by atoms with Gasteiger partial charge in [-0.2, -0.15) is 5.10 Å². The largest absolute Gasteiger partial charge is 0.375 e. The van der Waals surface area contributed by atoms with E-state index >= 15 is 0 Å². The molecule has 1 N–H and O–H groups in total. The lowest BCUT2D eigenvalue weighted by atomic mass is 10.1. The van der Waals surface area contributed by atoms with Crippen LogP contribution in [0.25, 0.3) is 27.8 Å². The summed E-state index contributed by atoms with van der Waals surface area (Å²) in [5.41, 5.74) is 5.06. The van der Waals surface area contributed by atoms with Gasteiger partial charge in [-0.25, -0.2) is 9.50 Å². The first-order chi connectivity index (χ1) is 13.2. The van der Waals surface area contributed by atoms with Crippen molar-refractivity contribution in [2.75, 3.05) is 24.6 Å². The Bertz CT molecular complexity index is 1110. The lowest BCUT2D eigenvalue weighted by Gasteiger charge is -2.31. The second-order valence-corrected chi connectivity index (χ2v) is 7.02. The van der Waals surface area contributed by atoms with Gasteiger partial charge in [-0.1, -0.05) is 13.0 Å². The van der Waals surface area contributed by atoms with E-state index in [0.717, 1.165) is 65.4 Å². The van der Waals surface area contributed by atoms with Crippen molar-refractivity contribution in [3.05, 3.63) is 42.2 Å². The van der Waals surface area contributed by atoms with Gasteiger partial charge in [-0.15, -0.1) is 5.10 Å². The molecule has 0 bridgehead atoms. The topological polar surface area (TPSA) is 71.3 Å². The van der Waals surface area contributed by atoms with Crippen molar-refractivity contribution >= 4 is 22.4 Å². The number of morpholine rings is 1. The number of H-pyrrole nitrogens is 1. The number of aromatic nitrogens is 5. The van der Waals surface area contributed by atoms with E-state index in [1.165, 1.54) is 0 Å². The molecule has 0 saturated carbocycles. The van der Waals surface area contributed by atoms with Crippen molar-refractivity contribution in [3.63, 3.8) is 0 Å². The van der Waals surface area contributed by atoms with E-state index in [1.54, 1.807) is 0 Å². The summed E-state index contributed by atoms with van der Waals surface area (Å²) in [6.07, 6.45) is 3.03. The van der Waals surface area contributed by atoms with Crippen LogP contribution in [0, 0.1) is 0 Å². The van der Waals surface area contributed by atoms with Crippen LogP contribution in [0.5, 0.6) is 0 Å². The fraction of sp³-hybridized carbons (Fsp3) is 0.350. The van der Waals surface area contributed by atoms with Gasteiger partial charge in [0.1, 0.15) is 5.82 Å². The Morgan fingerprint density at radius 3 is 3.04 bits per heavy atom. The van der Waals surface area contributed by atoms with Crippen LogP contribution in [-0.2, 0) is 11.2 Å². The molecule has 0 spiro atoms. The molecule has 1 aliphatic rings. The van der Waals surface area contributed by atoms with Gasteiger partial charge in [0.15, 0.2) is 5.65 Å². The third-order valence-electron chi connectivity index (χ3n) is 5.20. The first kappa shape index (κ1) is 16.3. The van der Waals surface area contributed by atoms with E-state index in [1.807, 2.05) is 28.9 Å². The second kappa shape index (κ2) is 6.35. The van der Waals surface area contributed by atoms with Crippen LogP contribution in [0.4, 0.5) is 5.82 Å². The number of hydrogen-bond donors (Lipinski definition) is 1. The molecule has 5 rings (SSSR count). The Kier molecular flexibility index (Phi) is 3.82. The zero-order valence-electron chi connectivity index (χ0n) is 15.5.